The molecule has 3 heteroatoms. The number of carboxylic acids is 1. The van der Waals surface area contributed by atoms with Crippen LogP contribution in [0.1, 0.15) is 1.37 Å². The number of rotatable bonds is 2. The second-order valence-corrected chi connectivity index (χ2v) is 0.467. The highest BCUT2D eigenvalue weighted by Gasteiger charge is 1.81. The van der Waals surface area contributed by atoms with E-state index in [1.165, 1.54) is 0 Å². The largest absolute Gasteiger partial charge is 0.480 e. The Morgan fingerprint density at radius 3 is 3.20 bits per heavy atom. The van der Waals surface area contributed by atoms with Gasteiger partial charge in [0.25, 0.3) is 0 Å². The van der Waals surface area contributed by atoms with E-state index in [0.29, 0.717) is 0 Å². The molecule has 0 amide bonds. The van der Waals surface area contributed by atoms with Gasteiger partial charge in [-0.3, -0.25) is 4.79 Å². The van der Waals surface area contributed by atoms with Gasteiger partial charge < -0.3 is 10.8 Å². The Bertz CT molecular complexity index is 95.3. The molecule has 0 spiro atoms. The summed E-state index contributed by atoms with van der Waals surface area (Å²) in [5.74, 6) is -1.49. The maximum Gasteiger partial charge on any atom is 0.317 e. The summed E-state index contributed by atoms with van der Waals surface area (Å²) in [6.45, 7) is -1.80. The molecule has 0 aromatic rings. The van der Waals surface area contributed by atoms with Crippen LogP contribution in [0.3, 0.4) is 0 Å². The quantitative estimate of drug-likeness (QED) is 0.446. The van der Waals surface area contributed by atoms with Crippen LogP contribution in [-0.2, 0) is 4.79 Å². The van der Waals surface area contributed by atoms with Gasteiger partial charge in [0.05, 0.1) is 7.89 Å². The molecule has 0 heterocycles. The van der Waals surface area contributed by atoms with Crippen LogP contribution in [0, 0.1) is 0 Å². The van der Waals surface area contributed by atoms with Gasteiger partial charge in [0.1, 0.15) is 2.82 Å². The van der Waals surface area contributed by atoms with Crippen LogP contribution in [-0.4, -0.2) is 17.6 Å². The third-order valence-corrected chi connectivity index (χ3v) is 0.110. The average molecular weight is 78.1 g/mol. The molecule has 1 unspecified atom stereocenters. The van der Waals surface area contributed by atoms with Crippen molar-refractivity contribution in [2.45, 2.75) is 0 Å². The first-order chi connectivity index (χ1) is 3.55. The average Bonchev–Trinajstić information content (AvgIpc) is 1.64. The lowest BCUT2D eigenvalue weighted by atomic mass is 10.7. The fraction of sp³-hybridized carbons (Fsp3) is 0.500. The Morgan fingerprint density at radius 1 is 2.60 bits per heavy atom. The third kappa shape index (κ3) is 3.43. The zero-order valence-electron chi connectivity index (χ0n) is 5.38. The summed E-state index contributed by atoms with van der Waals surface area (Å²) in [4.78, 5) is 9.67. The maximum absolute atomic E-state index is 9.67. The summed E-state index contributed by atoms with van der Waals surface area (Å²) in [7, 11) is 0. The number of aliphatic carboxylic acids is 1. The molecule has 0 saturated heterocycles. The van der Waals surface area contributed by atoms with Gasteiger partial charge in [-0.05, 0) is 0 Å². The van der Waals surface area contributed by atoms with E-state index >= 15 is 0 Å². The Morgan fingerprint density at radius 2 is 3.20 bits per heavy atom. The SMILES string of the molecule is [2H]C(C(=O)O)N([2H])[2H]. The molecule has 3 nitrogen and oxygen atoms in total. The Labute approximate surface area is 33.7 Å². The molecule has 1 atom stereocenters. The van der Waals surface area contributed by atoms with E-state index in [1.54, 1.807) is 0 Å². The smallest absolute Gasteiger partial charge is 0.317 e. The molecule has 3 N–H and O–H groups in total. The van der Waals surface area contributed by atoms with E-state index in [-0.39, 0.29) is 5.72 Å². The lowest BCUT2D eigenvalue weighted by Gasteiger charge is -1.73. The minimum absolute atomic E-state index is 0.192. The fourth-order valence-corrected chi connectivity index (χ4v) is 0. The molecule has 30 valence electrons. The predicted octanol–water partition coefficient (Wildman–Crippen LogP) is -0.970. The molecule has 0 aliphatic heterocycles. The van der Waals surface area contributed by atoms with Crippen molar-refractivity contribution in [1.29, 1.82) is 0 Å². The van der Waals surface area contributed by atoms with Gasteiger partial charge in [-0.1, -0.05) is 0 Å². The van der Waals surface area contributed by atoms with Gasteiger partial charge in [-0.2, -0.15) is 0 Å². The van der Waals surface area contributed by atoms with E-state index < -0.39 is 12.5 Å². The summed E-state index contributed by atoms with van der Waals surface area (Å²) in [6.07, 6.45) is 0. The minimum Gasteiger partial charge on any atom is -0.480 e. The van der Waals surface area contributed by atoms with Gasteiger partial charge in [0, 0.05) is 0 Å². The molecule has 0 aromatic heterocycles. The number of hydrogen-bond donors (Lipinski definition) is 2. The fourth-order valence-electron chi connectivity index (χ4n) is 0. The molecule has 0 rings (SSSR count). The molecule has 0 bridgehead atoms. The van der Waals surface area contributed by atoms with Gasteiger partial charge >= 0.3 is 5.97 Å². The van der Waals surface area contributed by atoms with Crippen molar-refractivity contribution < 1.29 is 14.1 Å². The number of carboxylic acid groups (broad SMARTS) is 1. The molecule has 0 saturated carbocycles. The summed E-state index contributed by atoms with van der Waals surface area (Å²) in [5, 5.41) is 7.88. The van der Waals surface area contributed by atoms with Crippen LogP contribution in [0.2, 0.25) is 2.82 Å². The monoisotopic (exact) mass is 78.1 g/mol. The molecule has 0 aliphatic rings. The zero-order valence-corrected chi connectivity index (χ0v) is 2.38. The second kappa shape index (κ2) is 1.72. The van der Waals surface area contributed by atoms with E-state index in [0.717, 1.165) is 0 Å². The van der Waals surface area contributed by atoms with Crippen molar-refractivity contribution in [2.75, 3.05) is 6.52 Å². The lowest BCUT2D eigenvalue weighted by Crippen LogP contribution is -2.10. The van der Waals surface area contributed by atoms with Crippen molar-refractivity contribution in [2.24, 2.45) is 5.72 Å². The Balaban J connectivity index is 3.64. The first-order valence-corrected chi connectivity index (χ1v) is 0.975. The van der Waals surface area contributed by atoms with Gasteiger partial charge in [-0.25, -0.2) is 0 Å². The molecule has 5 heavy (non-hydrogen) atoms. The second-order valence-electron chi connectivity index (χ2n) is 0.467. The molecule has 0 fully saturated rings. The number of carbonyl (C=O) groups is 1. The van der Waals surface area contributed by atoms with Crippen molar-refractivity contribution >= 4 is 5.97 Å². The van der Waals surface area contributed by atoms with E-state index in [4.69, 9.17) is 9.30 Å². The van der Waals surface area contributed by atoms with E-state index in [1.807, 2.05) is 0 Å². The molecular weight excluding hydrogens is 70.0 g/mol. The van der Waals surface area contributed by atoms with Crippen molar-refractivity contribution in [3.05, 3.63) is 0 Å². The first kappa shape index (κ1) is 1.26. The van der Waals surface area contributed by atoms with Crippen LogP contribution < -0.4 is 5.72 Å². The number of nitrogens with two attached hydrogens (primary N) is 1. The van der Waals surface area contributed by atoms with Crippen LogP contribution in [0.5, 0.6) is 0 Å². The zero-order chi connectivity index (χ0) is 6.73. The lowest BCUT2D eigenvalue weighted by molar-refractivity contribution is -0.135. The summed E-state index contributed by atoms with van der Waals surface area (Å²) < 4.78 is 18.9. The standard InChI is InChI=1S/C2H5NO2/c3-1-2(4)5/h1,3H2,(H,4,5)/i1D/hD2. The third-order valence-electron chi connectivity index (χ3n) is 0.110. The first-order valence-electron chi connectivity index (χ1n) is 2.45. The summed E-state index contributed by atoms with van der Waals surface area (Å²) in [6, 6.07) is 0. The maximum atomic E-state index is 9.67. The van der Waals surface area contributed by atoms with Crippen LogP contribution in [0.4, 0.5) is 0 Å². The predicted molar refractivity (Wildman–Crippen MR) is 16.7 cm³/mol. The van der Waals surface area contributed by atoms with Crippen molar-refractivity contribution in [3.8, 4) is 0 Å². The highest BCUT2D eigenvalue weighted by Crippen LogP contribution is 1.43. The van der Waals surface area contributed by atoms with Crippen LogP contribution in [0.15, 0.2) is 0 Å². The highest BCUT2D eigenvalue weighted by molar-refractivity contribution is 5.68. The van der Waals surface area contributed by atoms with Crippen LogP contribution >= 0.6 is 0 Å². The van der Waals surface area contributed by atoms with Crippen LogP contribution in [0.25, 0.3) is 0 Å². The minimum atomic E-state index is -1.80. The molecule has 0 aromatic carbocycles. The Kier molecular flexibility index (Phi) is 0.434. The van der Waals surface area contributed by atoms with Gasteiger partial charge in [0.2, 0.25) is 0 Å². The van der Waals surface area contributed by atoms with Gasteiger partial charge in [0.15, 0.2) is 0 Å². The summed E-state index contributed by atoms with van der Waals surface area (Å²) in [5.41, 5.74) is -0.192. The normalized spacial score (nSPS) is 23.0. The molecule has 0 radical (unpaired) electrons. The number of hydrogen-bond acceptors (Lipinski definition) is 2. The molecular formula is C2H5NO2. The van der Waals surface area contributed by atoms with Gasteiger partial charge in [-0.15, -0.1) is 0 Å². The molecule has 0 aliphatic carbocycles. The Hall–Kier alpha value is -0.570. The van der Waals surface area contributed by atoms with E-state index in [9.17, 15) is 4.79 Å². The van der Waals surface area contributed by atoms with Crippen molar-refractivity contribution in [1.82, 2.24) is 0 Å². The summed E-state index contributed by atoms with van der Waals surface area (Å²) >= 11 is 0. The van der Waals surface area contributed by atoms with E-state index in [2.05, 4.69) is 0 Å². The highest BCUT2D eigenvalue weighted by atomic mass is 16.4. The topological polar surface area (TPSA) is 63.3 Å². The van der Waals surface area contributed by atoms with Crippen molar-refractivity contribution in [3.63, 3.8) is 0 Å².